The first-order valence-electron chi connectivity index (χ1n) is 1.27. The van der Waals surface area contributed by atoms with E-state index in [4.69, 9.17) is 0 Å². The third-order valence-corrected chi connectivity index (χ3v) is 0.388. The molecule has 0 atom stereocenters. The molecule has 0 spiro atoms. The molecular formula is C3H2O2. The zero-order valence-corrected chi connectivity index (χ0v) is 2.47. The molecule has 1 rings (SSSR count). The molecule has 0 saturated carbocycles. The highest BCUT2D eigenvalue weighted by atomic mass is 16.5. The number of cyclic esters (lactones) is 1. The van der Waals surface area contributed by atoms with Crippen molar-refractivity contribution in [3.05, 3.63) is 12.3 Å². The molecule has 2 nitrogen and oxygen atoms in total. The molecule has 0 saturated heterocycles. The molecule has 1 aliphatic heterocycles. The molecule has 0 aromatic rings. The molecule has 0 unspecified atom stereocenters. The number of carbonyl (C=O) groups is 1. The standard InChI is InChI=1S/C3H2O2/c4-3-1-2-5-3/h1-2H. The van der Waals surface area contributed by atoms with Gasteiger partial charge in [-0.1, -0.05) is 0 Å². The molecule has 0 aromatic carbocycles. The van der Waals surface area contributed by atoms with Crippen molar-refractivity contribution in [2.24, 2.45) is 0 Å². The molecular weight excluding hydrogens is 68.0 g/mol. The summed E-state index contributed by atoms with van der Waals surface area (Å²) < 4.78 is 4.11. The first kappa shape index (κ1) is 2.45. The summed E-state index contributed by atoms with van der Waals surface area (Å²) in [6, 6.07) is 0. The highest BCUT2D eigenvalue weighted by Crippen LogP contribution is 1.91. The van der Waals surface area contributed by atoms with Crippen LogP contribution in [-0.2, 0) is 9.53 Å². The monoisotopic (exact) mass is 70.0 g/mol. The summed E-state index contributed by atoms with van der Waals surface area (Å²) in [5.74, 6) is -0.245. The van der Waals surface area contributed by atoms with Gasteiger partial charge in [-0.3, -0.25) is 0 Å². The van der Waals surface area contributed by atoms with Crippen molar-refractivity contribution in [2.45, 2.75) is 0 Å². The van der Waals surface area contributed by atoms with E-state index in [-0.39, 0.29) is 5.97 Å². The summed E-state index contributed by atoms with van der Waals surface area (Å²) in [4.78, 5) is 9.59. The Morgan fingerprint density at radius 1 is 1.80 bits per heavy atom. The Morgan fingerprint density at radius 3 is 2.20 bits per heavy atom. The van der Waals surface area contributed by atoms with Gasteiger partial charge >= 0.3 is 5.97 Å². The van der Waals surface area contributed by atoms with E-state index in [1.165, 1.54) is 12.3 Å². The molecule has 0 bridgehead atoms. The van der Waals surface area contributed by atoms with Crippen molar-refractivity contribution in [2.75, 3.05) is 0 Å². The van der Waals surface area contributed by atoms with Gasteiger partial charge in [-0.2, -0.15) is 0 Å². The van der Waals surface area contributed by atoms with Crippen LogP contribution in [0.5, 0.6) is 0 Å². The highest BCUT2D eigenvalue weighted by molar-refractivity contribution is 5.86. The van der Waals surface area contributed by atoms with Crippen LogP contribution in [0, 0.1) is 0 Å². The predicted molar refractivity (Wildman–Crippen MR) is 15.2 cm³/mol. The van der Waals surface area contributed by atoms with E-state index < -0.39 is 0 Å². The van der Waals surface area contributed by atoms with Crippen LogP contribution in [-0.4, -0.2) is 5.97 Å². The zero-order chi connectivity index (χ0) is 3.70. The number of hydrogen-bond acceptors (Lipinski definition) is 2. The molecule has 1 heterocycles. The average Bonchev–Trinajstić information content (AvgIpc) is 1.30. The molecule has 0 amide bonds. The largest absolute Gasteiger partial charge is 0.431 e. The van der Waals surface area contributed by atoms with Gasteiger partial charge in [0, 0.05) is 0 Å². The maximum Gasteiger partial charge on any atom is 0.338 e. The van der Waals surface area contributed by atoms with Gasteiger partial charge in [-0.25, -0.2) is 4.79 Å². The number of esters is 1. The SMILES string of the molecule is O=C1C=CO1. The van der Waals surface area contributed by atoms with Gasteiger partial charge < -0.3 is 4.74 Å². The Bertz CT molecular complexity index is 82.9. The smallest absolute Gasteiger partial charge is 0.338 e. The summed E-state index contributed by atoms with van der Waals surface area (Å²) in [5, 5.41) is 0. The summed E-state index contributed by atoms with van der Waals surface area (Å²) >= 11 is 0. The van der Waals surface area contributed by atoms with E-state index in [0.29, 0.717) is 0 Å². The second-order valence-corrected chi connectivity index (χ2v) is 0.740. The topological polar surface area (TPSA) is 26.3 Å². The Hall–Kier alpha value is -0.790. The molecule has 2 heteroatoms. The first-order valence-corrected chi connectivity index (χ1v) is 1.27. The summed E-state index contributed by atoms with van der Waals surface area (Å²) in [6.07, 6.45) is 2.71. The second kappa shape index (κ2) is 0.578. The van der Waals surface area contributed by atoms with Crippen LogP contribution in [0.3, 0.4) is 0 Å². The summed E-state index contributed by atoms with van der Waals surface area (Å²) in [5.41, 5.74) is 0. The lowest BCUT2D eigenvalue weighted by molar-refractivity contribution is -0.136. The lowest BCUT2D eigenvalue weighted by Gasteiger charge is -1.96. The number of carbonyl (C=O) groups excluding carboxylic acids is 1. The maximum atomic E-state index is 9.59. The van der Waals surface area contributed by atoms with E-state index in [0.717, 1.165) is 0 Å². The lowest BCUT2D eigenvalue weighted by Crippen LogP contribution is -2.01. The first-order chi connectivity index (χ1) is 2.39. The number of rotatable bonds is 0. The fraction of sp³-hybridized carbons (Fsp3) is 0. The van der Waals surface area contributed by atoms with E-state index in [1.807, 2.05) is 0 Å². The number of ether oxygens (including phenoxy) is 1. The van der Waals surface area contributed by atoms with Crippen LogP contribution < -0.4 is 0 Å². The zero-order valence-electron chi connectivity index (χ0n) is 2.47. The van der Waals surface area contributed by atoms with E-state index in [1.54, 1.807) is 0 Å². The predicted octanol–water partition coefficient (Wildman–Crippen LogP) is 0.0569. The molecule has 0 aromatic heterocycles. The Balaban J connectivity index is 2.71. The van der Waals surface area contributed by atoms with Crippen molar-refractivity contribution in [3.63, 3.8) is 0 Å². The molecule has 0 N–H and O–H groups in total. The van der Waals surface area contributed by atoms with Crippen LogP contribution in [0.25, 0.3) is 0 Å². The van der Waals surface area contributed by atoms with Crippen molar-refractivity contribution in [1.82, 2.24) is 0 Å². The van der Waals surface area contributed by atoms with E-state index >= 15 is 0 Å². The average molecular weight is 70.0 g/mol. The minimum Gasteiger partial charge on any atom is -0.431 e. The van der Waals surface area contributed by atoms with Gasteiger partial charge in [0.15, 0.2) is 0 Å². The number of hydrogen-bond donors (Lipinski definition) is 0. The molecule has 0 radical (unpaired) electrons. The minimum absolute atomic E-state index is 0.245. The fourth-order valence-corrected chi connectivity index (χ4v) is 0.124. The van der Waals surface area contributed by atoms with Gasteiger partial charge in [-0.05, 0) is 0 Å². The minimum atomic E-state index is -0.245. The molecule has 0 fully saturated rings. The van der Waals surface area contributed by atoms with E-state index in [9.17, 15) is 4.79 Å². The van der Waals surface area contributed by atoms with Crippen molar-refractivity contribution in [1.29, 1.82) is 0 Å². The van der Waals surface area contributed by atoms with Gasteiger partial charge in [0.25, 0.3) is 0 Å². The Kier molecular flexibility index (Phi) is 0.283. The van der Waals surface area contributed by atoms with Crippen LogP contribution in [0.4, 0.5) is 0 Å². The summed E-state index contributed by atoms with van der Waals surface area (Å²) in [6.45, 7) is 0. The quantitative estimate of drug-likeness (QED) is 0.376. The normalized spacial score (nSPS) is 17.2. The van der Waals surface area contributed by atoms with Crippen LogP contribution in [0.2, 0.25) is 0 Å². The van der Waals surface area contributed by atoms with Crippen LogP contribution in [0.1, 0.15) is 0 Å². The van der Waals surface area contributed by atoms with E-state index in [2.05, 4.69) is 4.74 Å². The summed E-state index contributed by atoms with van der Waals surface area (Å²) in [7, 11) is 0. The highest BCUT2D eigenvalue weighted by Gasteiger charge is 1.99. The lowest BCUT2D eigenvalue weighted by atomic mass is 10.6. The van der Waals surface area contributed by atoms with Crippen molar-refractivity contribution < 1.29 is 9.53 Å². The molecule has 5 heavy (non-hydrogen) atoms. The Labute approximate surface area is 29.0 Å². The molecule has 1 aliphatic rings. The molecule has 26 valence electrons. The molecule has 0 aliphatic carbocycles. The van der Waals surface area contributed by atoms with Gasteiger partial charge in [0.2, 0.25) is 0 Å². The van der Waals surface area contributed by atoms with Gasteiger partial charge in [0.1, 0.15) is 6.26 Å². The Morgan fingerprint density at radius 2 is 2.20 bits per heavy atom. The van der Waals surface area contributed by atoms with Crippen molar-refractivity contribution in [3.8, 4) is 0 Å². The van der Waals surface area contributed by atoms with Crippen LogP contribution >= 0.6 is 0 Å². The van der Waals surface area contributed by atoms with Crippen molar-refractivity contribution >= 4 is 5.97 Å². The third kappa shape index (κ3) is 0.173. The fourth-order valence-electron chi connectivity index (χ4n) is 0.124. The van der Waals surface area contributed by atoms with Gasteiger partial charge in [-0.15, -0.1) is 0 Å². The van der Waals surface area contributed by atoms with Gasteiger partial charge in [0.05, 0.1) is 6.08 Å². The third-order valence-electron chi connectivity index (χ3n) is 0.388. The van der Waals surface area contributed by atoms with Crippen LogP contribution in [0.15, 0.2) is 12.3 Å². The maximum absolute atomic E-state index is 9.59. The second-order valence-electron chi connectivity index (χ2n) is 0.740.